The molecule has 4 aromatic carbocycles. The molecule has 23 heavy (non-hydrogen) atoms. The van der Waals surface area contributed by atoms with Crippen molar-refractivity contribution in [3.63, 3.8) is 0 Å². The fraction of sp³-hybridized carbons (Fsp3) is 0. The van der Waals surface area contributed by atoms with Gasteiger partial charge in [-0.1, -0.05) is 66.2 Å². The first-order valence-corrected chi connectivity index (χ1v) is 8.11. The van der Waals surface area contributed by atoms with E-state index >= 15 is 0 Å². The summed E-state index contributed by atoms with van der Waals surface area (Å²) in [7, 11) is 0. The van der Waals surface area contributed by atoms with Crippen LogP contribution in [-0.2, 0) is 0 Å². The molecule has 0 spiro atoms. The van der Waals surface area contributed by atoms with Gasteiger partial charge in [0.15, 0.2) is 0 Å². The molecule has 0 atom stereocenters. The summed E-state index contributed by atoms with van der Waals surface area (Å²) < 4.78 is 0. The summed E-state index contributed by atoms with van der Waals surface area (Å²) in [5.41, 5.74) is 7.68. The van der Waals surface area contributed by atoms with Gasteiger partial charge in [-0.25, -0.2) is 0 Å². The monoisotopic (exact) mass is 312 g/mol. The normalized spacial score (nSPS) is 11.7. The quantitative estimate of drug-likeness (QED) is 0.319. The minimum absolute atomic E-state index is 0.771. The molecule has 0 bridgehead atoms. The van der Waals surface area contributed by atoms with Gasteiger partial charge in [-0.3, -0.25) is 0 Å². The number of benzene rings is 4. The van der Waals surface area contributed by atoms with Crippen LogP contribution in [0.5, 0.6) is 0 Å². The molecule has 1 aliphatic carbocycles. The molecule has 5 rings (SSSR count). The van der Waals surface area contributed by atoms with Gasteiger partial charge in [-0.05, 0) is 68.4 Å². The van der Waals surface area contributed by atoms with Crippen LogP contribution >= 0.6 is 11.6 Å². The van der Waals surface area contributed by atoms with Crippen molar-refractivity contribution < 1.29 is 0 Å². The Balaban J connectivity index is 1.87. The highest BCUT2D eigenvalue weighted by molar-refractivity contribution is 6.30. The van der Waals surface area contributed by atoms with Crippen molar-refractivity contribution in [1.82, 2.24) is 0 Å². The third-order valence-electron chi connectivity index (χ3n) is 4.64. The molecule has 0 fully saturated rings. The van der Waals surface area contributed by atoms with E-state index in [-0.39, 0.29) is 0 Å². The molecule has 0 saturated heterocycles. The maximum Gasteiger partial charge on any atom is 0.0412 e. The highest BCUT2D eigenvalue weighted by atomic mass is 35.5. The molecule has 0 heterocycles. The SMILES string of the molecule is Clc1cccc(-c2cc3c4c(cccc4c2)-c2ccccc2-3)c1. The lowest BCUT2D eigenvalue weighted by molar-refractivity contribution is 1.64. The van der Waals surface area contributed by atoms with Crippen LogP contribution in [-0.4, -0.2) is 0 Å². The van der Waals surface area contributed by atoms with Crippen LogP contribution in [0.25, 0.3) is 44.2 Å². The van der Waals surface area contributed by atoms with Gasteiger partial charge < -0.3 is 0 Å². The summed E-state index contributed by atoms with van der Waals surface area (Å²) in [4.78, 5) is 0. The van der Waals surface area contributed by atoms with Gasteiger partial charge in [0, 0.05) is 5.02 Å². The van der Waals surface area contributed by atoms with Crippen LogP contribution in [0, 0.1) is 0 Å². The van der Waals surface area contributed by atoms with E-state index in [1.807, 2.05) is 18.2 Å². The Morgan fingerprint density at radius 2 is 1.26 bits per heavy atom. The Labute approximate surface area is 140 Å². The van der Waals surface area contributed by atoms with Crippen molar-refractivity contribution in [2.75, 3.05) is 0 Å². The summed E-state index contributed by atoms with van der Waals surface area (Å²) >= 11 is 6.18. The number of hydrogen-bond donors (Lipinski definition) is 0. The standard InChI is InChI=1S/C22H13Cl/c23-17-7-3-5-14(12-17)16-11-15-6-4-10-20-18-8-1-2-9-19(18)21(13-16)22(15)20/h1-13H. The zero-order chi connectivity index (χ0) is 15.4. The molecule has 0 amide bonds. The topological polar surface area (TPSA) is 0 Å². The van der Waals surface area contributed by atoms with Crippen molar-refractivity contribution in [1.29, 1.82) is 0 Å². The summed E-state index contributed by atoms with van der Waals surface area (Å²) in [5, 5.41) is 3.42. The second kappa shape index (κ2) is 4.71. The van der Waals surface area contributed by atoms with Crippen LogP contribution < -0.4 is 0 Å². The smallest absolute Gasteiger partial charge is 0.0412 e. The van der Waals surface area contributed by atoms with Crippen LogP contribution in [0.15, 0.2) is 78.9 Å². The molecular formula is C22H13Cl. The summed E-state index contributed by atoms with van der Waals surface area (Å²) in [6.07, 6.45) is 0. The second-order valence-corrected chi connectivity index (χ2v) is 6.42. The fourth-order valence-electron chi connectivity index (χ4n) is 3.65. The molecule has 0 aromatic heterocycles. The first-order valence-electron chi connectivity index (χ1n) is 7.74. The van der Waals surface area contributed by atoms with Gasteiger partial charge in [0.1, 0.15) is 0 Å². The molecule has 0 unspecified atom stereocenters. The largest absolute Gasteiger partial charge is 0.0843 e. The highest BCUT2D eigenvalue weighted by Crippen LogP contribution is 2.48. The van der Waals surface area contributed by atoms with Crippen LogP contribution in [0.4, 0.5) is 0 Å². The van der Waals surface area contributed by atoms with Crippen molar-refractivity contribution in [2.24, 2.45) is 0 Å². The zero-order valence-electron chi connectivity index (χ0n) is 12.4. The van der Waals surface area contributed by atoms with Gasteiger partial charge >= 0.3 is 0 Å². The van der Waals surface area contributed by atoms with E-state index in [2.05, 4.69) is 60.7 Å². The lowest BCUT2D eigenvalue weighted by atomic mass is 9.96. The number of halogens is 1. The average Bonchev–Trinajstić information content (AvgIpc) is 2.91. The van der Waals surface area contributed by atoms with E-state index in [1.165, 1.54) is 38.6 Å². The van der Waals surface area contributed by atoms with Gasteiger partial charge in [0.2, 0.25) is 0 Å². The number of fused-ring (bicyclic) bond motifs is 3. The lowest BCUT2D eigenvalue weighted by Gasteiger charge is -2.08. The van der Waals surface area contributed by atoms with E-state index < -0.39 is 0 Å². The molecule has 1 aliphatic rings. The van der Waals surface area contributed by atoms with E-state index in [4.69, 9.17) is 11.6 Å². The number of rotatable bonds is 1. The second-order valence-electron chi connectivity index (χ2n) is 5.98. The summed E-state index contributed by atoms with van der Waals surface area (Å²) in [5.74, 6) is 0. The molecule has 0 saturated carbocycles. The fourth-order valence-corrected chi connectivity index (χ4v) is 3.84. The maximum absolute atomic E-state index is 6.18. The van der Waals surface area contributed by atoms with Crippen molar-refractivity contribution in [3.8, 4) is 33.4 Å². The minimum Gasteiger partial charge on any atom is -0.0843 e. The van der Waals surface area contributed by atoms with Crippen LogP contribution in [0.1, 0.15) is 0 Å². The Morgan fingerprint density at radius 1 is 0.522 bits per heavy atom. The van der Waals surface area contributed by atoms with Crippen molar-refractivity contribution in [3.05, 3.63) is 83.9 Å². The van der Waals surface area contributed by atoms with Gasteiger partial charge in [-0.15, -0.1) is 0 Å². The molecule has 0 radical (unpaired) electrons. The third-order valence-corrected chi connectivity index (χ3v) is 4.88. The van der Waals surface area contributed by atoms with Gasteiger partial charge in [-0.2, -0.15) is 0 Å². The predicted molar refractivity (Wildman–Crippen MR) is 98.8 cm³/mol. The van der Waals surface area contributed by atoms with E-state index in [0.717, 1.165) is 10.6 Å². The minimum atomic E-state index is 0.771. The van der Waals surface area contributed by atoms with Gasteiger partial charge in [0.25, 0.3) is 0 Å². The van der Waals surface area contributed by atoms with Crippen molar-refractivity contribution >= 4 is 22.4 Å². The summed E-state index contributed by atoms with van der Waals surface area (Å²) in [6, 6.07) is 27.8. The van der Waals surface area contributed by atoms with E-state index in [1.54, 1.807) is 0 Å². The highest BCUT2D eigenvalue weighted by Gasteiger charge is 2.21. The van der Waals surface area contributed by atoms with Gasteiger partial charge in [0.05, 0.1) is 0 Å². The maximum atomic E-state index is 6.18. The Kier molecular flexibility index (Phi) is 2.65. The molecular weight excluding hydrogens is 300 g/mol. The third kappa shape index (κ3) is 1.85. The van der Waals surface area contributed by atoms with Crippen LogP contribution in [0.3, 0.4) is 0 Å². The molecule has 0 aliphatic heterocycles. The average molecular weight is 313 g/mol. The zero-order valence-corrected chi connectivity index (χ0v) is 13.1. The Morgan fingerprint density at radius 3 is 2.09 bits per heavy atom. The van der Waals surface area contributed by atoms with E-state index in [0.29, 0.717) is 0 Å². The Hall–Kier alpha value is -2.57. The number of hydrogen-bond acceptors (Lipinski definition) is 0. The molecule has 108 valence electrons. The first kappa shape index (κ1) is 12.9. The molecule has 0 N–H and O–H groups in total. The lowest BCUT2D eigenvalue weighted by Crippen LogP contribution is -1.82. The van der Waals surface area contributed by atoms with Crippen molar-refractivity contribution in [2.45, 2.75) is 0 Å². The van der Waals surface area contributed by atoms with Crippen LogP contribution in [0.2, 0.25) is 5.02 Å². The predicted octanol–water partition coefficient (Wildman–Crippen LogP) is 6.81. The first-order chi connectivity index (χ1) is 11.3. The molecule has 1 heteroatoms. The molecule has 0 nitrogen and oxygen atoms in total. The Bertz CT molecular complexity index is 1080. The molecule has 4 aromatic rings. The summed E-state index contributed by atoms with van der Waals surface area (Å²) in [6.45, 7) is 0. The van der Waals surface area contributed by atoms with E-state index in [9.17, 15) is 0 Å².